The zero-order valence-corrected chi connectivity index (χ0v) is 13.0. The molecule has 5 nitrogen and oxygen atoms in total. The second-order valence-electron chi connectivity index (χ2n) is 5.45. The number of aryl methyl sites for hydroxylation is 1. The monoisotopic (exact) mass is 279 g/mol. The Balaban J connectivity index is 3.11. The number of rotatable bonds is 6. The first kappa shape index (κ1) is 16.4. The smallest absolute Gasteiger partial charge is 0.254 e. The Morgan fingerprint density at radius 1 is 1.40 bits per heavy atom. The quantitative estimate of drug-likeness (QED) is 0.835. The zero-order chi connectivity index (χ0) is 15.3. The van der Waals surface area contributed by atoms with Crippen LogP contribution >= 0.6 is 0 Å². The number of amides is 1. The number of anilines is 1. The minimum absolute atomic E-state index is 0.0823. The first-order valence-corrected chi connectivity index (χ1v) is 6.99. The molecule has 0 bridgehead atoms. The summed E-state index contributed by atoms with van der Waals surface area (Å²) in [5, 5.41) is 12.5. The second kappa shape index (κ2) is 6.70. The predicted molar refractivity (Wildman–Crippen MR) is 81.0 cm³/mol. The van der Waals surface area contributed by atoms with Gasteiger partial charge < -0.3 is 15.3 Å². The molecule has 0 saturated carbocycles. The van der Waals surface area contributed by atoms with Gasteiger partial charge in [0, 0.05) is 24.8 Å². The van der Waals surface area contributed by atoms with Crippen molar-refractivity contribution < 1.29 is 9.90 Å². The SMILES string of the molecule is CCNc1cc(C(=O)N(C)C(C)(C)CO)cc(CC)n1. The molecule has 5 heteroatoms. The van der Waals surface area contributed by atoms with E-state index in [1.54, 1.807) is 18.0 Å². The minimum Gasteiger partial charge on any atom is -0.394 e. The maximum absolute atomic E-state index is 12.5. The lowest BCUT2D eigenvalue weighted by molar-refractivity contribution is 0.0473. The van der Waals surface area contributed by atoms with E-state index < -0.39 is 5.54 Å². The Bertz CT molecular complexity index is 472. The van der Waals surface area contributed by atoms with Crippen LogP contribution in [0, 0.1) is 0 Å². The number of aliphatic hydroxyl groups is 1. The van der Waals surface area contributed by atoms with Crippen LogP contribution in [-0.4, -0.2) is 46.6 Å². The molecule has 2 N–H and O–H groups in total. The van der Waals surface area contributed by atoms with Crippen molar-refractivity contribution in [2.75, 3.05) is 25.5 Å². The third-order valence-electron chi connectivity index (χ3n) is 3.45. The van der Waals surface area contributed by atoms with Crippen molar-refractivity contribution in [2.45, 2.75) is 39.7 Å². The number of carbonyl (C=O) groups is 1. The van der Waals surface area contributed by atoms with Gasteiger partial charge in [-0.05, 0) is 39.3 Å². The van der Waals surface area contributed by atoms with Gasteiger partial charge in [-0.3, -0.25) is 4.79 Å². The van der Waals surface area contributed by atoms with Crippen molar-refractivity contribution in [3.05, 3.63) is 23.4 Å². The van der Waals surface area contributed by atoms with Crippen molar-refractivity contribution in [2.24, 2.45) is 0 Å². The van der Waals surface area contributed by atoms with Gasteiger partial charge in [-0.25, -0.2) is 4.98 Å². The summed E-state index contributed by atoms with van der Waals surface area (Å²) in [6.07, 6.45) is 0.770. The maximum atomic E-state index is 12.5. The fourth-order valence-corrected chi connectivity index (χ4v) is 1.74. The number of likely N-dealkylation sites (N-methyl/N-ethyl adjacent to an activating group) is 1. The molecule has 0 aliphatic heterocycles. The van der Waals surface area contributed by atoms with Crippen LogP contribution in [0.2, 0.25) is 0 Å². The molecule has 1 aromatic rings. The van der Waals surface area contributed by atoms with E-state index in [-0.39, 0.29) is 12.5 Å². The minimum atomic E-state index is -0.592. The van der Waals surface area contributed by atoms with Crippen LogP contribution in [-0.2, 0) is 6.42 Å². The van der Waals surface area contributed by atoms with Crippen LogP contribution in [0.15, 0.2) is 12.1 Å². The summed E-state index contributed by atoms with van der Waals surface area (Å²) in [5.74, 6) is 0.603. The zero-order valence-electron chi connectivity index (χ0n) is 13.0. The normalized spacial score (nSPS) is 11.3. The molecule has 0 radical (unpaired) electrons. The van der Waals surface area contributed by atoms with E-state index in [0.29, 0.717) is 11.4 Å². The number of pyridine rings is 1. The van der Waals surface area contributed by atoms with E-state index >= 15 is 0 Å². The van der Waals surface area contributed by atoms with Gasteiger partial charge in [-0.15, -0.1) is 0 Å². The highest BCUT2D eigenvalue weighted by Gasteiger charge is 2.28. The average molecular weight is 279 g/mol. The third-order valence-corrected chi connectivity index (χ3v) is 3.45. The van der Waals surface area contributed by atoms with Gasteiger partial charge in [0.05, 0.1) is 12.1 Å². The van der Waals surface area contributed by atoms with E-state index in [1.807, 2.05) is 33.8 Å². The van der Waals surface area contributed by atoms with Gasteiger partial charge in [0.25, 0.3) is 5.91 Å². The summed E-state index contributed by atoms with van der Waals surface area (Å²) in [7, 11) is 1.71. The molecule has 0 unspecified atom stereocenters. The maximum Gasteiger partial charge on any atom is 0.254 e. The summed E-state index contributed by atoms with van der Waals surface area (Å²) in [6.45, 7) is 8.33. The molecule has 1 heterocycles. The van der Waals surface area contributed by atoms with Crippen molar-refractivity contribution in [3.8, 4) is 0 Å². The lowest BCUT2D eigenvalue weighted by Crippen LogP contribution is -2.47. The Labute approximate surface area is 121 Å². The Morgan fingerprint density at radius 3 is 2.55 bits per heavy atom. The van der Waals surface area contributed by atoms with E-state index in [9.17, 15) is 9.90 Å². The molecule has 0 atom stereocenters. The van der Waals surface area contributed by atoms with E-state index in [0.717, 1.165) is 18.7 Å². The molecular weight excluding hydrogens is 254 g/mol. The number of nitrogens with zero attached hydrogens (tertiary/aromatic N) is 2. The first-order chi connectivity index (χ1) is 9.35. The van der Waals surface area contributed by atoms with Crippen LogP contribution < -0.4 is 5.32 Å². The van der Waals surface area contributed by atoms with Gasteiger partial charge in [-0.2, -0.15) is 0 Å². The summed E-state index contributed by atoms with van der Waals surface area (Å²) in [4.78, 5) is 18.5. The van der Waals surface area contributed by atoms with Crippen LogP contribution in [0.4, 0.5) is 5.82 Å². The number of hydrogen-bond acceptors (Lipinski definition) is 4. The molecule has 0 spiro atoms. The Morgan fingerprint density at radius 2 is 2.05 bits per heavy atom. The van der Waals surface area contributed by atoms with Crippen molar-refractivity contribution in [3.63, 3.8) is 0 Å². The van der Waals surface area contributed by atoms with Gasteiger partial charge in [0.15, 0.2) is 0 Å². The molecule has 112 valence electrons. The molecule has 0 aliphatic rings. The van der Waals surface area contributed by atoms with Gasteiger partial charge in [0.1, 0.15) is 5.82 Å². The summed E-state index contributed by atoms with van der Waals surface area (Å²) >= 11 is 0. The number of aliphatic hydroxyl groups excluding tert-OH is 1. The summed E-state index contributed by atoms with van der Waals surface area (Å²) < 4.78 is 0. The Kier molecular flexibility index (Phi) is 5.51. The first-order valence-electron chi connectivity index (χ1n) is 6.99. The molecule has 1 aromatic heterocycles. The van der Waals surface area contributed by atoms with Gasteiger partial charge in [0.2, 0.25) is 0 Å². The molecule has 1 rings (SSSR count). The van der Waals surface area contributed by atoms with Crippen LogP contribution in [0.5, 0.6) is 0 Å². The van der Waals surface area contributed by atoms with Gasteiger partial charge >= 0.3 is 0 Å². The fraction of sp³-hybridized carbons (Fsp3) is 0.600. The highest BCUT2D eigenvalue weighted by Crippen LogP contribution is 2.18. The highest BCUT2D eigenvalue weighted by molar-refractivity contribution is 5.95. The third kappa shape index (κ3) is 3.70. The van der Waals surface area contributed by atoms with Crippen molar-refractivity contribution in [1.82, 2.24) is 9.88 Å². The molecule has 0 aliphatic carbocycles. The van der Waals surface area contributed by atoms with E-state index in [1.165, 1.54) is 0 Å². The topological polar surface area (TPSA) is 65.5 Å². The van der Waals surface area contributed by atoms with Crippen LogP contribution in [0.1, 0.15) is 43.7 Å². The lowest BCUT2D eigenvalue weighted by atomic mass is 10.0. The highest BCUT2D eigenvalue weighted by atomic mass is 16.3. The second-order valence-corrected chi connectivity index (χ2v) is 5.45. The summed E-state index contributed by atoms with van der Waals surface area (Å²) in [6, 6.07) is 3.57. The van der Waals surface area contributed by atoms with E-state index in [2.05, 4.69) is 10.3 Å². The molecule has 0 saturated heterocycles. The number of aromatic nitrogens is 1. The largest absolute Gasteiger partial charge is 0.394 e. The molecule has 0 fully saturated rings. The van der Waals surface area contributed by atoms with Crippen LogP contribution in [0.3, 0.4) is 0 Å². The van der Waals surface area contributed by atoms with Crippen LogP contribution in [0.25, 0.3) is 0 Å². The molecule has 1 amide bonds. The van der Waals surface area contributed by atoms with Gasteiger partial charge in [-0.1, -0.05) is 6.92 Å². The van der Waals surface area contributed by atoms with Crippen molar-refractivity contribution >= 4 is 11.7 Å². The number of hydrogen-bond donors (Lipinski definition) is 2. The molecule has 0 aromatic carbocycles. The molecule has 20 heavy (non-hydrogen) atoms. The average Bonchev–Trinajstić information content (AvgIpc) is 2.45. The Hall–Kier alpha value is -1.62. The number of nitrogens with one attached hydrogen (secondary N) is 1. The molecular formula is C15H25N3O2. The standard InChI is InChI=1S/C15H25N3O2/c1-6-12-8-11(9-13(17-12)16-7-2)14(20)18(5)15(3,4)10-19/h8-9,19H,6-7,10H2,1-5H3,(H,16,17). The van der Waals surface area contributed by atoms with Crippen molar-refractivity contribution in [1.29, 1.82) is 0 Å². The lowest BCUT2D eigenvalue weighted by Gasteiger charge is -2.34. The van der Waals surface area contributed by atoms with E-state index in [4.69, 9.17) is 0 Å². The summed E-state index contributed by atoms with van der Waals surface area (Å²) in [5.41, 5.74) is 0.879. The number of carbonyl (C=O) groups excluding carboxylic acids is 1. The fourth-order valence-electron chi connectivity index (χ4n) is 1.74. The predicted octanol–water partition coefficient (Wildman–Crippen LogP) is 1.92.